The third kappa shape index (κ3) is 5.51. The van der Waals surface area contributed by atoms with Crippen molar-refractivity contribution in [3.8, 4) is 0 Å². The number of aliphatic hydroxyl groups is 1. The molecule has 0 amide bonds. The lowest BCUT2D eigenvalue weighted by Crippen LogP contribution is -2.18. The summed E-state index contributed by atoms with van der Waals surface area (Å²) in [6.45, 7) is 2.39. The monoisotopic (exact) mass is 484 g/mol. The van der Waals surface area contributed by atoms with Gasteiger partial charge in [-0.25, -0.2) is 13.2 Å². The molecule has 1 saturated heterocycles. The van der Waals surface area contributed by atoms with Crippen molar-refractivity contribution in [3.63, 3.8) is 0 Å². The molecule has 5 heteroatoms. The molecular weight excluding hydrogens is 449 g/mol. The molecule has 2 aromatic carbocycles. The summed E-state index contributed by atoms with van der Waals surface area (Å²) in [7, 11) is 0. The van der Waals surface area contributed by atoms with Crippen LogP contribution in [0.1, 0.15) is 92.6 Å². The van der Waals surface area contributed by atoms with E-state index >= 15 is 0 Å². The Labute approximate surface area is 206 Å². The van der Waals surface area contributed by atoms with Crippen LogP contribution in [0.5, 0.6) is 0 Å². The van der Waals surface area contributed by atoms with E-state index in [2.05, 4.69) is 0 Å². The zero-order chi connectivity index (χ0) is 24.5. The van der Waals surface area contributed by atoms with Crippen molar-refractivity contribution in [3.05, 3.63) is 76.1 Å². The lowest BCUT2D eigenvalue weighted by molar-refractivity contribution is 0.120. The van der Waals surface area contributed by atoms with Gasteiger partial charge in [0, 0.05) is 11.1 Å². The molecule has 2 fully saturated rings. The average Bonchev–Trinajstić information content (AvgIpc) is 3.71. The second-order valence-electron chi connectivity index (χ2n) is 10.8. The van der Waals surface area contributed by atoms with Crippen LogP contribution in [0, 0.1) is 29.3 Å². The minimum atomic E-state index is -0.741. The van der Waals surface area contributed by atoms with Crippen LogP contribution in [-0.2, 0) is 11.2 Å². The van der Waals surface area contributed by atoms with Gasteiger partial charge in [0.1, 0.15) is 11.9 Å². The Kier molecular flexibility index (Phi) is 7.36. The molecule has 35 heavy (non-hydrogen) atoms. The maximum absolute atomic E-state index is 14.9. The number of aryl methyl sites for hydroxylation is 1. The van der Waals surface area contributed by atoms with E-state index in [0.717, 1.165) is 49.7 Å². The summed E-state index contributed by atoms with van der Waals surface area (Å²) in [5, 5.41) is 9.77. The van der Waals surface area contributed by atoms with Crippen LogP contribution in [0.25, 0.3) is 5.57 Å². The Bertz CT molecular complexity index is 1080. The first kappa shape index (κ1) is 24.6. The molecular formula is C30H35F3O2. The van der Waals surface area contributed by atoms with Crippen molar-refractivity contribution in [1.29, 1.82) is 0 Å². The van der Waals surface area contributed by atoms with Crippen molar-refractivity contribution in [1.82, 2.24) is 0 Å². The molecule has 0 radical (unpaired) electrons. The summed E-state index contributed by atoms with van der Waals surface area (Å²) in [5.41, 5.74) is 3.38. The van der Waals surface area contributed by atoms with E-state index in [1.54, 1.807) is 25.1 Å². The number of benzene rings is 2. The third-order valence-electron chi connectivity index (χ3n) is 8.49. The van der Waals surface area contributed by atoms with Gasteiger partial charge in [0.25, 0.3) is 0 Å². The molecule has 1 aliphatic heterocycles. The van der Waals surface area contributed by atoms with Crippen LogP contribution in [0.15, 0.2) is 36.4 Å². The van der Waals surface area contributed by atoms with Gasteiger partial charge in [-0.1, -0.05) is 30.3 Å². The maximum Gasteiger partial charge on any atom is 0.166 e. The first-order chi connectivity index (χ1) is 16.9. The summed E-state index contributed by atoms with van der Waals surface area (Å²) in [6.07, 6.45) is 9.09. The van der Waals surface area contributed by atoms with E-state index < -0.39 is 11.6 Å². The van der Waals surface area contributed by atoms with Crippen LogP contribution >= 0.6 is 0 Å². The van der Waals surface area contributed by atoms with Gasteiger partial charge in [-0.2, -0.15) is 0 Å². The molecule has 3 atom stereocenters. The second-order valence-corrected chi connectivity index (χ2v) is 10.8. The molecule has 3 aliphatic rings. The smallest absolute Gasteiger partial charge is 0.166 e. The molecule has 5 rings (SSSR count). The number of ether oxygens (including phenoxy) is 1. The highest BCUT2D eigenvalue weighted by atomic mass is 19.2. The van der Waals surface area contributed by atoms with Crippen LogP contribution in [0.2, 0.25) is 0 Å². The topological polar surface area (TPSA) is 32.8 Å². The van der Waals surface area contributed by atoms with Gasteiger partial charge in [0.05, 0.1) is 12.7 Å². The quantitative estimate of drug-likeness (QED) is 0.410. The maximum atomic E-state index is 14.9. The molecule has 188 valence electrons. The molecule has 2 aromatic rings. The second kappa shape index (κ2) is 10.5. The predicted molar refractivity (Wildman–Crippen MR) is 131 cm³/mol. The van der Waals surface area contributed by atoms with Crippen LogP contribution in [0.3, 0.4) is 0 Å². The SMILES string of the molecule is CC(O)C1CC=C(c2ccc(CCC3CCC(c4ccc(C5CO5)c(F)c4)CC3)c(F)c2F)CC1. The van der Waals surface area contributed by atoms with Crippen LogP contribution in [-0.4, -0.2) is 17.8 Å². The molecule has 1 N–H and O–H groups in total. The predicted octanol–water partition coefficient (Wildman–Crippen LogP) is 7.65. The zero-order valence-electron chi connectivity index (χ0n) is 20.4. The Balaban J connectivity index is 1.15. The molecule has 0 spiro atoms. The summed E-state index contributed by atoms with van der Waals surface area (Å²) >= 11 is 0. The van der Waals surface area contributed by atoms with Gasteiger partial charge in [-0.3, -0.25) is 0 Å². The third-order valence-corrected chi connectivity index (χ3v) is 8.49. The number of halogens is 3. The highest BCUT2D eigenvalue weighted by molar-refractivity contribution is 5.67. The van der Waals surface area contributed by atoms with Gasteiger partial charge >= 0.3 is 0 Å². The fraction of sp³-hybridized carbons (Fsp3) is 0.533. The summed E-state index contributed by atoms with van der Waals surface area (Å²) in [4.78, 5) is 0. The van der Waals surface area contributed by atoms with E-state index in [9.17, 15) is 18.3 Å². The first-order valence-corrected chi connectivity index (χ1v) is 13.2. The molecule has 2 aliphatic carbocycles. The number of hydrogen-bond donors (Lipinski definition) is 1. The van der Waals surface area contributed by atoms with E-state index in [0.29, 0.717) is 54.4 Å². The zero-order valence-corrected chi connectivity index (χ0v) is 20.4. The normalized spacial score (nSPS) is 27.4. The summed E-state index contributed by atoms with van der Waals surface area (Å²) in [5.74, 6) is -0.590. The molecule has 1 saturated carbocycles. The van der Waals surface area contributed by atoms with Crippen molar-refractivity contribution >= 4 is 5.57 Å². The summed E-state index contributed by atoms with van der Waals surface area (Å²) in [6, 6.07) is 9.05. The highest BCUT2D eigenvalue weighted by Gasteiger charge is 2.29. The van der Waals surface area contributed by atoms with Gasteiger partial charge in [0.15, 0.2) is 11.6 Å². The lowest BCUT2D eigenvalue weighted by atomic mass is 9.76. The molecule has 2 nitrogen and oxygen atoms in total. The van der Waals surface area contributed by atoms with E-state index in [1.165, 1.54) is 0 Å². The molecule has 0 aromatic heterocycles. The Morgan fingerprint density at radius 2 is 1.77 bits per heavy atom. The van der Waals surface area contributed by atoms with Gasteiger partial charge < -0.3 is 9.84 Å². The minimum absolute atomic E-state index is 0.0686. The van der Waals surface area contributed by atoms with Gasteiger partial charge in [-0.05, 0) is 105 Å². The van der Waals surface area contributed by atoms with Crippen molar-refractivity contribution in [2.75, 3.05) is 6.61 Å². The van der Waals surface area contributed by atoms with E-state index in [1.807, 2.05) is 18.2 Å². The van der Waals surface area contributed by atoms with Crippen molar-refractivity contribution in [2.24, 2.45) is 11.8 Å². The largest absolute Gasteiger partial charge is 0.393 e. The summed E-state index contributed by atoms with van der Waals surface area (Å²) < 4.78 is 49.4. The standard InChI is InChI=1S/C30H35F3O2/c1-18(34)20-8-10-22(11-9-20)25-14-12-23(29(32)30(25)33)7-4-19-2-5-21(6-3-19)24-13-15-26(27(31)16-24)28-17-35-28/h10,12-16,18-21,28,34H,2-9,11,17H2,1H3. The number of aliphatic hydroxyl groups excluding tert-OH is 1. The van der Waals surface area contributed by atoms with Gasteiger partial charge in [0.2, 0.25) is 0 Å². The molecule has 3 unspecified atom stereocenters. The van der Waals surface area contributed by atoms with Gasteiger partial charge in [-0.15, -0.1) is 0 Å². The lowest BCUT2D eigenvalue weighted by Gasteiger charge is -2.29. The van der Waals surface area contributed by atoms with Crippen molar-refractivity contribution in [2.45, 2.75) is 82.8 Å². The number of rotatable bonds is 7. The highest BCUT2D eigenvalue weighted by Crippen LogP contribution is 2.40. The van der Waals surface area contributed by atoms with Crippen molar-refractivity contribution < 1.29 is 23.0 Å². The van der Waals surface area contributed by atoms with E-state index in [4.69, 9.17) is 4.74 Å². The average molecular weight is 485 g/mol. The Morgan fingerprint density at radius 1 is 1.00 bits per heavy atom. The Hall–Kier alpha value is -2.11. The number of allylic oxidation sites excluding steroid dienone is 2. The number of hydrogen-bond acceptors (Lipinski definition) is 2. The molecule has 1 heterocycles. The fourth-order valence-electron chi connectivity index (χ4n) is 6.00. The number of epoxide rings is 1. The first-order valence-electron chi connectivity index (χ1n) is 13.2. The van der Waals surface area contributed by atoms with Crippen LogP contribution in [0.4, 0.5) is 13.2 Å². The molecule has 0 bridgehead atoms. The minimum Gasteiger partial charge on any atom is -0.393 e. The fourth-order valence-corrected chi connectivity index (χ4v) is 6.00. The Morgan fingerprint density at radius 3 is 2.40 bits per heavy atom. The van der Waals surface area contributed by atoms with E-state index in [-0.39, 0.29) is 23.9 Å². The van der Waals surface area contributed by atoms with Crippen LogP contribution < -0.4 is 0 Å².